The molecule has 0 aromatic heterocycles. The zero-order valence-corrected chi connectivity index (χ0v) is 21.6. The van der Waals surface area contributed by atoms with E-state index in [9.17, 15) is 18.3 Å². The Hall–Kier alpha value is -2.58. The van der Waals surface area contributed by atoms with Gasteiger partial charge >= 0.3 is 5.97 Å². The second-order valence-corrected chi connectivity index (χ2v) is 11.9. The van der Waals surface area contributed by atoms with Crippen molar-refractivity contribution in [3.05, 3.63) is 53.6 Å². The van der Waals surface area contributed by atoms with Gasteiger partial charge < -0.3 is 10.0 Å². The normalized spacial score (nSPS) is 18.1. The second-order valence-electron chi connectivity index (χ2n) is 10.2. The summed E-state index contributed by atoms with van der Waals surface area (Å²) >= 11 is 0. The minimum Gasteiger partial charge on any atom is -0.478 e. The fourth-order valence-corrected chi connectivity index (χ4v) is 6.35. The van der Waals surface area contributed by atoms with Gasteiger partial charge in [0, 0.05) is 32.2 Å². The molecule has 0 unspecified atom stereocenters. The number of carbonyl (C=O) groups is 1. The van der Waals surface area contributed by atoms with Gasteiger partial charge in [-0.05, 0) is 61.1 Å². The van der Waals surface area contributed by atoms with Crippen LogP contribution in [0, 0.1) is 5.92 Å². The van der Waals surface area contributed by atoms with Crippen molar-refractivity contribution in [3.8, 4) is 0 Å². The van der Waals surface area contributed by atoms with E-state index in [1.54, 1.807) is 24.3 Å². The quantitative estimate of drug-likeness (QED) is 0.540. The highest BCUT2D eigenvalue weighted by molar-refractivity contribution is 7.92. The maximum absolute atomic E-state index is 13.2. The Morgan fingerprint density at radius 1 is 1.00 bits per heavy atom. The number of hydrogen-bond acceptors (Lipinski definition) is 5. The van der Waals surface area contributed by atoms with Crippen molar-refractivity contribution in [3.63, 3.8) is 0 Å². The van der Waals surface area contributed by atoms with Crippen LogP contribution in [0.15, 0.2) is 47.4 Å². The van der Waals surface area contributed by atoms with E-state index >= 15 is 0 Å². The molecule has 0 spiro atoms. The van der Waals surface area contributed by atoms with Gasteiger partial charge in [0.25, 0.3) is 10.0 Å². The Balaban J connectivity index is 1.53. The van der Waals surface area contributed by atoms with Crippen molar-refractivity contribution in [2.75, 3.05) is 35.8 Å². The van der Waals surface area contributed by atoms with E-state index in [1.165, 1.54) is 38.2 Å². The summed E-state index contributed by atoms with van der Waals surface area (Å²) in [6.45, 7) is 7.66. The van der Waals surface area contributed by atoms with Crippen LogP contribution in [0.4, 0.5) is 11.4 Å². The highest BCUT2D eigenvalue weighted by Gasteiger charge is 2.27. The third-order valence-electron chi connectivity index (χ3n) is 7.11. The van der Waals surface area contributed by atoms with Crippen LogP contribution in [0.2, 0.25) is 0 Å². The van der Waals surface area contributed by atoms with Gasteiger partial charge in [-0.25, -0.2) is 13.2 Å². The molecule has 35 heavy (non-hydrogen) atoms. The van der Waals surface area contributed by atoms with Crippen LogP contribution in [0.3, 0.4) is 0 Å². The number of hydrogen-bond donors (Lipinski definition) is 2. The predicted octanol–water partition coefficient (Wildman–Crippen LogP) is 4.84. The molecule has 2 fully saturated rings. The Labute approximate surface area is 209 Å². The lowest BCUT2D eigenvalue weighted by molar-refractivity contribution is 0.0697. The van der Waals surface area contributed by atoms with Crippen molar-refractivity contribution in [2.24, 2.45) is 5.92 Å². The minimum atomic E-state index is -3.87. The van der Waals surface area contributed by atoms with Crippen LogP contribution < -0.4 is 9.62 Å². The number of benzene rings is 2. The highest BCUT2D eigenvalue weighted by Crippen LogP contribution is 2.32. The first-order valence-electron chi connectivity index (χ1n) is 12.7. The van der Waals surface area contributed by atoms with Gasteiger partial charge in [0.1, 0.15) is 0 Å². The molecule has 1 aliphatic carbocycles. The van der Waals surface area contributed by atoms with E-state index < -0.39 is 16.0 Å². The fourth-order valence-electron chi connectivity index (χ4n) is 5.28. The molecule has 190 valence electrons. The summed E-state index contributed by atoms with van der Waals surface area (Å²) in [5.74, 6) is -0.604. The van der Waals surface area contributed by atoms with E-state index in [-0.39, 0.29) is 10.5 Å². The van der Waals surface area contributed by atoms with E-state index in [1.807, 2.05) is 12.1 Å². The molecule has 1 heterocycles. The summed E-state index contributed by atoms with van der Waals surface area (Å²) in [6.07, 6.45) is 7.32. The first kappa shape index (κ1) is 25.5. The molecule has 1 saturated heterocycles. The molecule has 0 radical (unpaired) electrons. The molecular formula is C27H37N3O4S. The fraction of sp³-hybridized carbons (Fsp3) is 0.519. The van der Waals surface area contributed by atoms with Crippen molar-refractivity contribution in [1.29, 1.82) is 0 Å². The largest absolute Gasteiger partial charge is 0.478 e. The highest BCUT2D eigenvalue weighted by atomic mass is 32.2. The molecule has 4 rings (SSSR count). The van der Waals surface area contributed by atoms with Crippen molar-refractivity contribution in [1.82, 2.24) is 4.90 Å². The summed E-state index contributed by atoms with van der Waals surface area (Å²) in [5, 5.41) is 9.51. The summed E-state index contributed by atoms with van der Waals surface area (Å²) < 4.78 is 29.1. The summed E-state index contributed by atoms with van der Waals surface area (Å²) in [5.41, 5.74) is 2.17. The molecule has 1 aliphatic heterocycles. The Kier molecular flexibility index (Phi) is 8.02. The SMILES string of the molecule is CC(C)Cc1ccc(S(=O)(=O)Nc2cc(C(=O)O)ccc2N2CCN(C3CCCCC3)CC2)cc1. The van der Waals surface area contributed by atoms with E-state index in [2.05, 4.69) is 28.4 Å². The maximum Gasteiger partial charge on any atom is 0.335 e. The summed E-state index contributed by atoms with van der Waals surface area (Å²) in [6, 6.07) is 12.3. The molecule has 2 aromatic carbocycles. The molecule has 1 saturated carbocycles. The second kappa shape index (κ2) is 11.0. The summed E-state index contributed by atoms with van der Waals surface area (Å²) in [7, 11) is -3.87. The van der Waals surface area contributed by atoms with Crippen LogP contribution >= 0.6 is 0 Å². The number of aromatic carboxylic acids is 1. The average Bonchev–Trinajstić information content (AvgIpc) is 2.84. The van der Waals surface area contributed by atoms with Gasteiger partial charge in [0.2, 0.25) is 0 Å². The Bertz CT molecular complexity index is 1120. The number of carboxylic acid groups (broad SMARTS) is 1. The molecule has 2 aliphatic rings. The van der Waals surface area contributed by atoms with Gasteiger partial charge in [0.15, 0.2) is 0 Å². The first-order chi connectivity index (χ1) is 16.7. The maximum atomic E-state index is 13.2. The molecule has 7 nitrogen and oxygen atoms in total. The lowest BCUT2D eigenvalue weighted by atomic mass is 9.94. The molecular weight excluding hydrogens is 462 g/mol. The first-order valence-corrected chi connectivity index (χ1v) is 14.2. The lowest BCUT2D eigenvalue weighted by Crippen LogP contribution is -2.51. The number of nitrogens with one attached hydrogen (secondary N) is 1. The number of sulfonamides is 1. The van der Waals surface area contributed by atoms with Crippen molar-refractivity contribution < 1.29 is 18.3 Å². The number of rotatable bonds is 8. The number of piperazine rings is 1. The zero-order valence-electron chi connectivity index (χ0n) is 20.7. The monoisotopic (exact) mass is 499 g/mol. The van der Waals surface area contributed by atoms with Crippen molar-refractivity contribution >= 4 is 27.4 Å². The molecule has 2 aromatic rings. The van der Waals surface area contributed by atoms with Gasteiger partial charge in [-0.15, -0.1) is 0 Å². The summed E-state index contributed by atoms with van der Waals surface area (Å²) in [4.78, 5) is 16.5. The van der Waals surface area contributed by atoms with Crippen LogP contribution in [0.1, 0.15) is 61.9 Å². The van der Waals surface area contributed by atoms with Crippen molar-refractivity contribution in [2.45, 2.75) is 63.3 Å². The third kappa shape index (κ3) is 6.35. The van der Waals surface area contributed by atoms with Crippen LogP contribution in [-0.2, 0) is 16.4 Å². The number of nitrogens with zero attached hydrogens (tertiary/aromatic N) is 2. The van der Waals surface area contributed by atoms with Gasteiger partial charge in [-0.3, -0.25) is 9.62 Å². The van der Waals surface area contributed by atoms with Gasteiger partial charge in [-0.2, -0.15) is 0 Å². The van der Waals surface area contributed by atoms with Gasteiger partial charge in [-0.1, -0.05) is 45.2 Å². The van der Waals surface area contributed by atoms with Crippen LogP contribution in [0.5, 0.6) is 0 Å². The molecule has 0 atom stereocenters. The topological polar surface area (TPSA) is 89.9 Å². The van der Waals surface area contributed by atoms with Crippen LogP contribution in [0.25, 0.3) is 0 Å². The third-order valence-corrected chi connectivity index (χ3v) is 8.49. The molecule has 8 heteroatoms. The van der Waals surface area contributed by atoms with E-state index in [4.69, 9.17) is 0 Å². The van der Waals surface area contributed by atoms with E-state index in [0.29, 0.717) is 17.6 Å². The zero-order chi connectivity index (χ0) is 25.0. The lowest BCUT2D eigenvalue weighted by Gasteiger charge is -2.42. The van der Waals surface area contributed by atoms with Gasteiger partial charge in [0.05, 0.1) is 21.8 Å². The smallest absolute Gasteiger partial charge is 0.335 e. The number of carboxylic acids is 1. The Morgan fingerprint density at radius 2 is 1.66 bits per heavy atom. The molecule has 0 amide bonds. The van der Waals surface area contributed by atoms with Crippen LogP contribution in [-0.4, -0.2) is 56.6 Å². The standard InChI is InChI=1S/C27H37N3O4S/c1-20(2)18-21-8-11-24(12-9-21)35(33,34)28-25-19-22(27(31)32)10-13-26(25)30-16-14-29(15-17-30)23-6-4-3-5-7-23/h8-13,19-20,23,28H,3-7,14-18H2,1-2H3,(H,31,32). The number of anilines is 2. The predicted molar refractivity (Wildman–Crippen MR) is 140 cm³/mol. The van der Waals surface area contributed by atoms with E-state index in [0.717, 1.165) is 43.9 Å². The minimum absolute atomic E-state index is 0.0552. The Morgan fingerprint density at radius 3 is 2.26 bits per heavy atom. The average molecular weight is 500 g/mol. The molecule has 0 bridgehead atoms. The molecule has 2 N–H and O–H groups in total.